The zero-order chi connectivity index (χ0) is 10.8. The van der Waals surface area contributed by atoms with Crippen LogP contribution in [-0.4, -0.2) is 13.7 Å². The molecular weight excluding hydrogens is 214 g/mol. The smallest absolute Gasteiger partial charge is 0.127 e. The Balaban J connectivity index is 2.41. The molecule has 2 rings (SSSR count). The number of rotatable bonds is 2. The largest absolute Gasteiger partial charge is 0.493 e. The van der Waals surface area contributed by atoms with Gasteiger partial charge in [0.15, 0.2) is 0 Å². The highest BCUT2D eigenvalue weighted by Gasteiger charge is 2.23. The van der Waals surface area contributed by atoms with Crippen LogP contribution in [0.15, 0.2) is 12.1 Å². The summed E-state index contributed by atoms with van der Waals surface area (Å²) in [5, 5.41) is 0.736. The third-order valence-corrected chi connectivity index (χ3v) is 2.77. The quantitative estimate of drug-likeness (QED) is 0.788. The van der Waals surface area contributed by atoms with Crippen LogP contribution in [0, 0.1) is 6.92 Å². The molecule has 0 fully saturated rings. The van der Waals surface area contributed by atoms with Crippen molar-refractivity contribution in [2.75, 3.05) is 13.7 Å². The van der Waals surface area contributed by atoms with Gasteiger partial charge in [0, 0.05) is 17.0 Å². The summed E-state index contributed by atoms with van der Waals surface area (Å²) in [6.45, 7) is 2.70. The number of nitrogens with one attached hydrogen (secondary N) is 1. The molecule has 0 radical (unpaired) electrons. The van der Waals surface area contributed by atoms with E-state index < -0.39 is 0 Å². The lowest BCUT2D eigenvalue weighted by molar-refractivity contribution is 0.0462. The van der Waals surface area contributed by atoms with Gasteiger partial charge < -0.3 is 9.57 Å². The summed E-state index contributed by atoms with van der Waals surface area (Å²) in [6, 6.07) is 4.01. The van der Waals surface area contributed by atoms with E-state index in [1.807, 2.05) is 19.1 Å². The number of aryl methyl sites for hydroxylation is 1. The molecule has 4 heteroatoms. The Labute approximate surface area is 94.3 Å². The van der Waals surface area contributed by atoms with Crippen LogP contribution in [0.4, 0.5) is 0 Å². The van der Waals surface area contributed by atoms with Gasteiger partial charge in [0.25, 0.3) is 0 Å². The van der Waals surface area contributed by atoms with Crippen LogP contribution in [-0.2, 0) is 4.84 Å². The molecular formula is C11H14ClNO2. The lowest BCUT2D eigenvalue weighted by Crippen LogP contribution is -2.26. The fraction of sp³-hybridized carbons (Fsp3) is 0.455. The van der Waals surface area contributed by atoms with Gasteiger partial charge in [-0.1, -0.05) is 11.6 Å². The van der Waals surface area contributed by atoms with E-state index in [4.69, 9.17) is 21.2 Å². The Morgan fingerprint density at radius 3 is 3.07 bits per heavy atom. The Morgan fingerprint density at radius 2 is 2.33 bits per heavy atom. The van der Waals surface area contributed by atoms with Crippen molar-refractivity contribution in [3.8, 4) is 5.75 Å². The summed E-state index contributed by atoms with van der Waals surface area (Å²) >= 11 is 6.02. The Bertz CT molecular complexity index is 368. The highest BCUT2D eigenvalue weighted by molar-refractivity contribution is 6.30. The molecule has 0 aliphatic carbocycles. The number of ether oxygens (including phenoxy) is 1. The highest BCUT2D eigenvalue weighted by atomic mass is 35.5. The van der Waals surface area contributed by atoms with E-state index in [1.54, 1.807) is 7.11 Å². The first-order valence-electron chi connectivity index (χ1n) is 4.93. The van der Waals surface area contributed by atoms with Crippen molar-refractivity contribution in [3.63, 3.8) is 0 Å². The SMILES string of the molecule is CONC1CCOc2c(C)cc(Cl)cc21. The van der Waals surface area contributed by atoms with Gasteiger partial charge in [-0.05, 0) is 24.6 Å². The van der Waals surface area contributed by atoms with Crippen LogP contribution >= 0.6 is 11.6 Å². The van der Waals surface area contributed by atoms with Gasteiger partial charge in [0.2, 0.25) is 0 Å². The van der Waals surface area contributed by atoms with E-state index in [0.29, 0.717) is 6.61 Å². The first-order valence-corrected chi connectivity index (χ1v) is 5.31. The fourth-order valence-electron chi connectivity index (χ4n) is 1.91. The molecule has 1 unspecified atom stereocenters. The molecule has 3 nitrogen and oxygen atoms in total. The molecule has 15 heavy (non-hydrogen) atoms. The molecule has 1 aliphatic rings. The molecule has 1 aromatic carbocycles. The van der Waals surface area contributed by atoms with Gasteiger partial charge in [0.05, 0.1) is 19.8 Å². The maximum absolute atomic E-state index is 6.02. The van der Waals surface area contributed by atoms with Crippen LogP contribution in [0.2, 0.25) is 5.02 Å². The summed E-state index contributed by atoms with van der Waals surface area (Å²) in [7, 11) is 1.62. The van der Waals surface area contributed by atoms with Crippen molar-refractivity contribution in [3.05, 3.63) is 28.3 Å². The molecule has 82 valence electrons. The highest BCUT2D eigenvalue weighted by Crippen LogP contribution is 2.36. The van der Waals surface area contributed by atoms with Crippen molar-refractivity contribution in [2.45, 2.75) is 19.4 Å². The minimum atomic E-state index is 0.163. The van der Waals surface area contributed by atoms with Crippen LogP contribution < -0.4 is 10.2 Å². The van der Waals surface area contributed by atoms with Gasteiger partial charge >= 0.3 is 0 Å². The Kier molecular flexibility index (Phi) is 3.14. The molecule has 0 aromatic heterocycles. The maximum atomic E-state index is 6.02. The average molecular weight is 228 g/mol. The number of halogens is 1. The average Bonchev–Trinajstić information content (AvgIpc) is 2.19. The van der Waals surface area contributed by atoms with Crippen molar-refractivity contribution >= 4 is 11.6 Å². The van der Waals surface area contributed by atoms with Crippen LogP contribution in [0.5, 0.6) is 5.75 Å². The Morgan fingerprint density at radius 1 is 1.53 bits per heavy atom. The molecule has 1 atom stereocenters. The van der Waals surface area contributed by atoms with E-state index >= 15 is 0 Å². The van der Waals surface area contributed by atoms with E-state index in [0.717, 1.165) is 28.3 Å². The minimum absolute atomic E-state index is 0.163. The van der Waals surface area contributed by atoms with Gasteiger partial charge in [-0.25, -0.2) is 0 Å². The molecule has 0 spiro atoms. The van der Waals surface area contributed by atoms with Crippen molar-refractivity contribution in [1.82, 2.24) is 5.48 Å². The third-order valence-electron chi connectivity index (χ3n) is 2.56. The number of benzene rings is 1. The van der Waals surface area contributed by atoms with E-state index in [1.165, 1.54) is 0 Å². The fourth-order valence-corrected chi connectivity index (χ4v) is 2.19. The zero-order valence-electron chi connectivity index (χ0n) is 8.84. The minimum Gasteiger partial charge on any atom is -0.493 e. The standard InChI is InChI=1S/C11H14ClNO2/c1-7-5-8(12)6-9-10(13-14-2)3-4-15-11(7)9/h5-6,10,13H,3-4H2,1-2H3. The van der Waals surface area contributed by atoms with Crippen molar-refractivity contribution in [1.29, 1.82) is 0 Å². The summed E-state index contributed by atoms with van der Waals surface area (Å²) in [4.78, 5) is 4.97. The molecule has 0 saturated carbocycles. The summed E-state index contributed by atoms with van der Waals surface area (Å²) in [6.07, 6.45) is 0.890. The van der Waals surface area contributed by atoms with Crippen LogP contribution in [0.25, 0.3) is 0 Å². The predicted molar refractivity (Wildman–Crippen MR) is 59.2 cm³/mol. The van der Waals surface area contributed by atoms with Crippen molar-refractivity contribution in [2.24, 2.45) is 0 Å². The van der Waals surface area contributed by atoms with Gasteiger partial charge in [-0.2, -0.15) is 5.48 Å². The lowest BCUT2D eigenvalue weighted by atomic mass is 9.99. The molecule has 0 saturated heterocycles. The van der Waals surface area contributed by atoms with E-state index in [9.17, 15) is 0 Å². The Hall–Kier alpha value is -0.770. The molecule has 1 aromatic rings. The second-order valence-corrected chi connectivity index (χ2v) is 4.09. The summed E-state index contributed by atoms with van der Waals surface area (Å²) in [5.41, 5.74) is 5.10. The second-order valence-electron chi connectivity index (χ2n) is 3.65. The molecule has 0 bridgehead atoms. The number of hydroxylamine groups is 1. The number of hydrogen-bond acceptors (Lipinski definition) is 3. The molecule has 1 N–H and O–H groups in total. The lowest BCUT2D eigenvalue weighted by Gasteiger charge is -2.27. The zero-order valence-corrected chi connectivity index (χ0v) is 9.60. The molecule has 1 aliphatic heterocycles. The maximum Gasteiger partial charge on any atom is 0.127 e. The summed E-state index contributed by atoms with van der Waals surface area (Å²) in [5.74, 6) is 0.931. The van der Waals surface area contributed by atoms with Crippen molar-refractivity contribution < 1.29 is 9.57 Å². The first-order chi connectivity index (χ1) is 7.22. The topological polar surface area (TPSA) is 30.5 Å². The second kappa shape index (κ2) is 4.39. The van der Waals surface area contributed by atoms with E-state index in [2.05, 4.69) is 5.48 Å². The monoisotopic (exact) mass is 227 g/mol. The normalized spacial score (nSPS) is 19.5. The molecule has 1 heterocycles. The third kappa shape index (κ3) is 2.09. The molecule has 0 amide bonds. The first kappa shape index (κ1) is 10.7. The van der Waals surface area contributed by atoms with E-state index in [-0.39, 0.29) is 6.04 Å². The predicted octanol–water partition coefficient (Wildman–Crippen LogP) is 2.62. The van der Waals surface area contributed by atoms with Gasteiger partial charge in [0.1, 0.15) is 5.75 Å². The number of fused-ring (bicyclic) bond motifs is 1. The van der Waals surface area contributed by atoms with Gasteiger partial charge in [-0.3, -0.25) is 0 Å². The number of hydrogen-bond donors (Lipinski definition) is 1. The summed E-state index contributed by atoms with van der Waals surface area (Å²) < 4.78 is 5.63. The van der Waals surface area contributed by atoms with Gasteiger partial charge in [-0.15, -0.1) is 0 Å². The van der Waals surface area contributed by atoms with Crippen LogP contribution in [0.1, 0.15) is 23.6 Å². The van der Waals surface area contributed by atoms with Crippen LogP contribution in [0.3, 0.4) is 0 Å².